The van der Waals surface area contributed by atoms with Crippen LogP contribution in [0.1, 0.15) is 110 Å². The summed E-state index contributed by atoms with van der Waals surface area (Å²) in [6.07, 6.45) is 19.8. The van der Waals surface area contributed by atoms with Crippen LogP contribution < -0.4 is 16.4 Å². The molecular formula is C38H70B2N3O6S. The Balaban J connectivity index is -0.000000300. The number of ether oxygens (including phenoxy) is 2. The number of carbonyl (C=O) groups is 2. The van der Waals surface area contributed by atoms with E-state index in [2.05, 4.69) is 55.7 Å². The molecule has 1 heterocycles. The average molecular weight is 719 g/mol. The molecule has 0 aromatic heterocycles. The first-order chi connectivity index (χ1) is 21.8. The van der Waals surface area contributed by atoms with Gasteiger partial charge in [-0.1, -0.05) is 56.8 Å². The number of amides is 2. The molecule has 3 radical (unpaired) electrons. The third kappa shape index (κ3) is 22.3. The number of terminal acetylenes is 2. The standard InChI is InChI=1S/C14H26BNO4.C10H16.C8H13NO2.C3H5N.C2H6S.CH4.B/c1-12(2,3)18-11(17)16-10-8-9-15-19-13(4,5)14(6,7)20-15;1-7-4-5-8-6-9(7)10(8,2)3;1-5-6-9-7(10)11-8(2,3)4;1-2-3-4;1-3-2;;/h8-9H,10H2,1-7H3,(H,16,17);4,8-9H,5-6H2,1-3H3;1H,6H2,2-4H3,(H,9,10);1H,3-4H2;1-2H3;1H4;/b9-8+;;;;;;/t;8-,9-;;;;;/m.0...../s1. The molecule has 1 saturated heterocycles. The van der Waals surface area contributed by atoms with Crippen molar-refractivity contribution in [1.82, 2.24) is 10.6 Å². The molecule has 1 saturated carbocycles. The Kier molecular flexibility index (Phi) is 26.8. The number of fused-ring (bicyclic) bond motifs is 1. The lowest BCUT2D eigenvalue weighted by molar-refractivity contribution is -0.00579. The predicted molar refractivity (Wildman–Crippen MR) is 216 cm³/mol. The summed E-state index contributed by atoms with van der Waals surface area (Å²) in [7, 11) is -0.388. The summed E-state index contributed by atoms with van der Waals surface area (Å²) >= 11 is 1.75. The summed E-state index contributed by atoms with van der Waals surface area (Å²) in [5.74, 6) is 8.20. The van der Waals surface area contributed by atoms with Gasteiger partial charge in [0.1, 0.15) is 11.2 Å². The number of rotatable bonds is 4. The van der Waals surface area contributed by atoms with Gasteiger partial charge in [0.2, 0.25) is 0 Å². The Morgan fingerprint density at radius 3 is 1.70 bits per heavy atom. The molecule has 9 nitrogen and oxygen atoms in total. The Hall–Kier alpha value is -2.50. The van der Waals surface area contributed by atoms with Crippen LogP contribution in [0.25, 0.3) is 0 Å². The molecule has 4 aliphatic rings. The zero-order valence-corrected chi connectivity index (χ0v) is 34.0. The SMILES string of the molecule is C.C#CCN.C#CCNC(=O)OC(C)(C)C.CC(C)(C)OC(=O)NC/C=C/B1OC(C)(C)C(C)(C)O1.CC1=CC[C@H]2C[C@@H]1C2(C)C.CSC.[B]. The maximum absolute atomic E-state index is 11.4. The van der Waals surface area contributed by atoms with E-state index >= 15 is 0 Å². The Labute approximate surface area is 313 Å². The number of alkyl carbamates (subject to hydrolysis) is 2. The van der Waals surface area contributed by atoms with Crippen LogP contribution in [-0.2, 0) is 18.8 Å². The van der Waals surface area contributed by atoms with Gasteiger partial charge < -0.3 is 35.1 Å². The highest BCUT2D eigenvalue weighted by molar-refractivity contribution is 7.97. The van der Waals surface area contributed by atoms with E-state index in [1.807, 2.05) is 61.0 Å². The van der Waals surface area contributed by atoms with Crippen LogP contribution in [0.3, 0.4) is 0 Å². The number of allylic oxidation sites excluding steroid dienone is 2. The molecule has 4 rings (SSSR count). The third-order valence-electron chi connectivity index (χ3n) is 7.92. The number of carbonyl (C=O) groups excluding carboxylic acids is 2. The molecule has 0 aromatic carbocycles. The van der Waals surface area contributed by atoms with Gasteiger partial charge >= 0.3 is 19.3 Å². The minimum Gasteiger partial charge on any atom is -0.444 e. The number of nitrogens with one attached hydrogen (secondary N) is 2. The topological polar surface area (TPSA) is 121 Å². The minimum atomic E-state index is -0.487. The molecule has 285 valence electrons. The van der Waals surface area contributed by atoms with E-state index in [-0.39, 0.29) is 40.7 Å². The summed E-state index contributed by atoms with van der Waals surface area (Å²) in [6.45, 7) is 26.9. The fourth-order valence-electron chi connectivity index (χ4n) is 4.70. The number of nitrogens with two attached hydrogens (primary N) is 1. The molecular weight excluding hydrogens is 648 g/mol. The zero-order valence-electron chi connectivity index (χ0n) is 33.2. The lowest BCUT2D eigenvalue weighted by Crippen LogP contribution is -2.47. The van der Waals surface area contributed by atoms with E-state index in [0.717, 1.165) is 11.8 Å². The number of hydrogen-bond acceptors (Lipinski definition) is 8. The number of thioether (sulfide) groups is 1. The highest BCUT2D eigenvalue weighted by Gasteiger charge is 2.50. The normalized spacial score (nSPS) is 19.9. The summed E-state index contributed by atoms with van der Waals surface area (Å²) in [5.41, 5.74) is 5.44. The van der Waals surface area contributed by atoms with Gasteiger partial charge in [-0.3, -0.25) is 0 Å². The Morgan fingerprint density at radius 2 is 1.40 bits per heavy atom. The van der Waals surface area contributed by atoms with Gasteiger partial charge in [0.05, 0.1) is 24.3 Å². The van der Waals surface area contributed by atoms with E-state index in [0.29, 0.717) is 18.5 Å². The van der Waals surface area contributed by atoms with Crippen molar-refractivity contribution in [3.8, 4) is 24.7 Å². The molecule has 2 bridgehead atoms. The van der Waals surface area contributed by atoms with Gasteiger partial charge in [-0.05, 0) is 119 Å². The van der Waals surface area contributed by atoms with Gasteiger partial charge in [0.25, 0.3) is 0 Å². The second-order valence-corrected chi connectivity index (χ2v) is 16.1. The van der Waals surface area contributed by atoms with Crippen molar-refractivity contribution in [2.24, 2.45) is 23.0 Å². The fourth-order valence-corrected chi connectivity index (χ4v) is 4.70. The van der Waals surface area contributed by atoms with Gasteiger partial charge in [0, 0.05) is 15.0 Å². The first-order valence-electron chi connectivity index (χ1n) is 16.4. The summed E-state index contributed by atoms with van der Waals surface area (Å²) < 4.78 is 21.6. The van der Waals surface area contributed by atoms with Gasteiger partial charge in [-0.25, -0.2) is 9.59 Å². The highest BCUT2D eigenvalue weighted by atomic mass is 32.2. The zero-order chi connectivity index (χ0) is 38.0. The lowest BCUT2D eigenvalue weighted by atomic mass is 9.49. The first-order valence-corrected chi connectivity index (χ1v) is 18.1. The maximum Gasteiger partial charge on any atom is 0.486 e. The van der Waals surface area contributed by atoms with Crippen molar-refractivity contribution in [3.63, 3.8) is 0 Å². The van der Waals surface area contributed by atoms with Crippen molar-refractivity contribution in [1.29, 1.82) is 0 Å². The molecule has 2 fully saturated rings. The Morgan fingerprint density at radius 1 is 0.980 bits per heavy atom. The van der Waals surface area contributed by atoms with Crippen molar-refractivity contribution >= 4 is 39.5 Å². The van der Waals surface area contributed by atoms with Gasteiger partial charge in [-0.15, -0.1) is 12.8 Å². The summed E-state index contributed by atoms with van der Waals surface area (Å²) in [5, 5.41) is 5.04. The molecule has 0 aromatic rings. The molecule has 2 amide bonds. The van der Waals surface area contributed by atoms with Crippen molar-refractivity contribution < 1.29 is 28.4 Å². The molecule has 3 aliphatic carbocycles. The lowest BCUT2D eigenvalue weighted by Gasteiger charge is -2.56. The largest absolute Gasteiger partial charge is 0.486 e. The van der Waals surface area contributed by atoms with E-state index in [1.165, 1.54) is 12.8 Å². The second kappa shape index (κ2) is 24.6. The third-order valence-corrected chi connectivity index (χ3v) is 7.92. The molecule has 1 aliphatic heterocycles. The minimum absolute atomic E-state index is 0. The molecule has 0 unspecified atom stereocenters. The monoisotopic (exact) mass is 719 g/mol. The molecule has 0 spiro atoms. The van der Waals surface area contributed by atoms with E-state index in [9.17, 15) is 9.59 Å². The van der Waals surface area contributed by atoms with Crippen LogP contribution >= 0.6 is 11.8 Å². The highest BCUT2D eigenvalue weighted by Crippen LogP contribution is 2.58. The van der Waals surface area contributed by atoms with Crippen LogP contribution in [0, 0.1) is 41.9 Å². The van der Waals surface area contributed by atoms with Crippen LogP contribution in [0.4, 0.5) is 9.59 Å². The number of hydrogen-bond donors (Lipinski definition) is 3. The fraction of sp³-hybridized carbons (Fsp3) is 0.737. The quantitative estimate of drug-likeness (QED) is 0.154. The van der Waals surface area contributed by atoms with Gasteiger partial charge in [0.15, 0.2) is 0 Å². The molecule has 4 N–H and O–H groups in total. The second-order valence-electron chi connectivity index (χ2n) is 15.3. The predicted octanol–water partition coefficient (Wildman–Crippen LogP) is 7.65. The van der Waals surface area contributed by atoms with E-state index in [1.54, 1.807) is 50.2 Å². The van der Waals surface area contributed by atoms with Crippen LogP contribution in [0.5, 0.6) is 0 Å². The van der Waals surface area contributed by atoms with Crippen molar-refractivity contribution in [3.05, 3.63) is 23.7 Å². The maximum atomic E-state index is 11.4. The average Bonchev–Trinajstić information content (AvgIpc) is 3.14. The Bertz CT molecular complexity index is 1110. The molecule has 50 heavy (non-hydrogen) atoms. The van der Waals surface area contributed by atoms with E-state index < -0.39 is 23.4 Å². The van der Waals surface area contributed by atoms with E-state index in [4.69, 9.17) is 30.9 Å². The molecule has 12 heteroatoms. The summed E-state index contributed by atoms with van der Waals surface area (Å²) in [6, 6.07) is 0. The van der Waals surface area contributed by atoms with Crippen molar-refractivity contribution in [2.75, 3.05) is 32.1 Å². The van der Waals surface area contributed by atoms with Crippen molar-refractivity contribution in [2.45, 2.75) is 133 Å². The summed E-state index contributed by atoms with van der Waals surface area (Å²) in [4.78, 5) is 22.2. The van der Waals surface area contributed by atoms with Gasteiger partial charge in [-0.2, -0.15) is 11.8 Å². The van der Waals surface area contributed by atoms with Crippen LogP contribution in [-0.4, -0.2) is 82.3 Å². The molecule has 2 atom stereocenters. The van der Waals surface area contributed by atoms with Crippen LogP contribution in [0.15, 0.2) is 23.7 Å². The first kappa shape index (κ1) is 54.3. The van der Waals surface area contributed by atoms with Crippen LogP contribution in [0.2, 0.25) is 0 Å². The smallest absolute Gasteiger partial charge is 0.444 e.